The van der Waals surface area contributed by atoms with Crippen molar-refractivity contribution in [3.8, 4) is 6.07 Å². The molecule has 4 N–H and O–H groups in total. The van der Waals surface area contributed by atoms with Crippen LogP contribution in [0.2, 0.25) is 0 Å². The molecule has 0 bridgehead atoms. The topological polar surface area (TPSA) is 135 Å². The van der Waals surface area contributed by atoms with Crippen LogP contribution >= 0.6 is 11.3 Å². The molecule has 0 radical (unpaired) electrons. The fourth-order valence-corrected chi connectivity index (χ4v) is 3.36. The first-order valence-electron chi connectivity index (χ1n) is 9.00. The number of nitrogens with zero attached hydrogens (tertiary/aromatic N) is 3. The molecule has 0 aliphatic rings. The van der Waals surface area contributed by atoms with Crippen molar-refractivity contribution in [1.82, 2.24) is 4.98 Å². The SMILES string of the molecule is CC(C)(C)OC(=O)N(C(=O)[C@@H](N)CCCCN)c1cccc2sc(C#N)nc12. The highest BCUT2D eigenvalue weighted by Gasteiger charge is 2.33. The number of carbonyl (C=O) groups is 2. The highest BCUT2D eigenvalue weighted by atomic mass is 32.1. The van der Waals surface area contributed by atoms with Crippen LogP contribution < -0.4 is 16.4 Å². The van der Waals surface area contributed by atoms with Gasteiger partial charge in [-0.25, -0.2) is 14.7 Å². The molecule has 0 unspecified atom stereocenters. The maximum Gasteiger partial charge on any atom is 0.421 e. The van der Waals surface area contributed by atoms with E-state index in [9.17, 15) is 9.59 Å². The van der Waals surface area contributed by atoms with Crippen molar-refractivity contribution in [2.45, 2.75) is 51.7 Å². The molecule has 0 aliphatic carbocycles. The number of fused-ring (bicyclic) bond motifs is 1. The normalized spacial score (nSPS) is 12.4. The Hall–Kier alpha value is -2.54. The minimum Gasteiger partial charge on any atom is -0.443 e. The van der Waals surface area contributed by atoms with Crippen molar-refractivity contribution >= 4 is 39.2 Å². The van der Waals surface area contributed by atoms with Crippen LogP contribution in [0, 0.1) is 11.3 Å². The van der Waals surface area contributed by atoms with Crippen molar-refractivity contribution in [2.75, 3.05) is 11.4 Å². The smallest absolute Gasteiger partial charge is 0.421 e. The van der Waals surface area contributed by atoms with Gasteiger partial charge in [0.15, 0.2) is 5.01 Å². The molecule has 1 aromatic carbocycles. The van der Waals surface area contributed by atoms with Crippen LogP contribution in [0.4, 0.5) is 10.5 Å². The Morgan fingerprint density at radius 3 is 2.68 bits per heavy atom. The zero-order chi connectivity index (χ0) is 20.9. The predicted octanol–water partition coefficient (Wildman–Crippen LogP) is 2.89. The van der Waals surface area contributed by atoms with E-state index in [0.29, 0.717) is 29.6 Å². The van der Waals surface area contributed by atoms with Gasteiger partial charge in [0.05, 0.1) is 16.4 Å². The molecular weight excluding hydrogens is 378 g/mol. The average Bonchev–Trinajstić information content (AvgIpc) is 3.04. The lowest BCUT2D eigenvalue weighted by molar-refractivity contribution is -0.119. The van der Waals surface area contributed by atoms with Crippen molar-refractivity contribution < 1.29 is 14.3 Å². The molecule has 1 aromatic heterocycles. The molecule has 0 saturated carbocycles. The molecule has 150 valence electrons. The molecule has 28 heavy (non-hydrogen) atoms. The maximum absolute atomic E-state index is 13.1. The highest BCUT2D eigenvalue weighted by Crippen LogP contribution is 2.32. The standard InChI is InChI=1S/C19H25N5O3S/c1-19(2,3)27-18(26)24(17(25)12(22)7-4-5-10-20)13-8-6-9-14-16(13)23-15(11-21)28-14/h6,8-9,12H,4-5,7,10,20,22H2,1-3H3/t12-/m0/s1. The summed E-state index contributed by atoms with van der Waals surface area (Å²) in [5.74, 6) is -0.578. The van der Waals surface area contributed by atoms with E-state index in [0.717, 1.165) is 11.3 Å². The van der Waals surface area contributed by atoms with Gasteiger partial charge in [0.2, 0.25) is 0 Å². The number of unbranched alkanes of at least 4 members (excludes halogenated alkanes) is 1. The van der Waals surface area contributed by atoms with E-state index in [-0.39, 0.29) is 10.7 Å². The van der Waals surface area contributed by atoms with Gasteiger partial charge in [0.25, 0.3) is 5.91 Å². The molecular formula is C19H25N5O3S. The lowest BCUT2D eigenvalue weighted by Gasteiger charge is -2.28. The second-order valence-corrected chi connectivity index (χ2v) is 8.33. The number of anilines is 1. The average molecular weight is 404 g/mol. The van der Waals surface area contributed by atoms with E-state index in [1.54, 1.807) is 39.0 Å². The summed E-state index contributed by atoms with van der Waals surface area (Å²) in [6, 6.07) is 6.17. The van der Waals surface area contributed by atoms with Crippen LogP contribution in [-0.4, -0.2) is 35.2 Å². The van der Waals surface area contributed by atoms with E-state index in [4.69, 9.17) is 21.5 Å². The summed E-state index contributed by atoms with van der Waals surface area (Å²) in [6.45, 7) is 5.65. The predicted molar refractivity (Wildman–Crippen MR) is 109 cm³/mol. The van der Waals surface area contributed by atoms with Crippen LogP contribution in [0.25, 0.3) is 10.2 Å². The van der Waals surface area contributed by atoms with Gasteiger partial charge in [-0.05, 0) is 52.3 Å². The summed E-state index contributed by atoms with van der Waals surface area (Å²) in [4.78, 5) is 31.1. The molecule has 8 nitrogen and oxygen atoms in total. The van der Waals surface area contributed by atoms with Crippen LogP contribution in [0.5, 0.6) is 0 Å². The molecule has 9 heteroatoms. The monoisotopic (exact) mass is 403 g/mol. The number of hydrogen-bond acceptors (Lipinski definition) is 8. The number of benzene rings is 1. The third kappa shape index (κ3) is 5.25. The van der Waals surface area contributed by atoms with E-state index in [1.165, 1.54) is 11.3 Å². The number of hydrogen-bond donors (Lipinski definition) is 2. The van der Waals surface area contributed by atoms with Gasteiger partial charge in [0.1, 0.15) is 17.2 Å². The van der Waals surface area contributed by atoms with Crippen molar-refractivity contribution in [2.24, 2.45) is 11.5 Å². The van der Waals surface area contributed by atoms with Crippen LogP contribution in [0.15, 0.2) is 18.2 Å². The number of aromatic nitrogens is 1. The molecule has 1 atom stereocenters. The fraction of sp³-hybridized carbons (Fsp3) is 0.474. The third-order valence-electron chi connectivity index (χ3n) is 3.82. The molecule has 0 spiro atoms. The Labute approximate surface area is 168 Å². The Morgan fingerprint density at radius 1 is 1.36 bits per heavy atom. The summed E-state index contributed by atoms with van der Waals surface area (Å²) >= 11 is 1.18. The van der Waals surface area contributed by atoms with Gasteiger partial charge in [-0.3, -0.25) is 4.79 Å². The van der Waals surface area contributed by atoms with E-state index < -0.39 is 23.6 Å². The quantitative estimate of drug-likeness (QED) is 0.708. The van der Waals surface area contributed by atoms with Gasteiger partial charge >= 0.3 is 6.09 Å². The molecule has 2 rings (SSSR count). The molecule has 1 heterocycles. The Kier molecular flexibility index (Phi) is 7.07. The number of rotatable bonds is 6. The Morgan fingerprint density at radius 2 is 2.07 bits per heavy atom. The summed E-state index contributed by atoms with van der Waals surface area (Å²) < 4.78 is 6.12. The minimum absolute atomic E-state index is 0.242. The van der Waals surface area contributed by atoms with Crippen molar-refractivity contribution in [3.63, 3.8) is 0 Å². The van der Waals surface area contributed by atoms with Crippen molar-refractivity contribution in [1.29, 1.82) is 5.26 Å². The second-order valence-electron chi connectivity index (χ2n) is 7.30. The number of imide groups is 1. The summed E-state index contributed by atoms with van der Waals surface area (Å²) in [5, 5.41) is 9.39. The van der Waals surface area contributed by atoms with Gasteiger partial charge in [-0.1, -0.05) is 12.5 Å². The second kappa shape index (κ2) is 9.10. The Balaban J connectivity index is 2.47. The minimum atomic E-state index is -0.886. The lowest BCUT2D eigenvalue weighted by atomic mass is 10.1. The summed E-state index contributed by atoms with van der Waals surface area (Å²) in [5.41, 5.74) is 11.4. The maximum atomic E-state index is 13.1. The van der Waals surface area contributed by atoms with E-state index in [2.05, 4.69) is 4.98 Å². The Bertz CT molecular complexity index is 897. The van der Waals surface area contributed by atoms with Gasteiger partial charge < -0.3 is 16.2 Å². The number of nitriles is 1. The first-order valence-corrected chi connectivity index (χ1v) is 9.82. The molecule has 0 fully saturated rings. The van der Waals surface area contributed by atoms with Crippen LogP contribution in [0.3, 0.4) is 0 Å². The number of amides is 2. The number of ether oxygens (including phenoxy) is 1. The zero-order valence-electron chi connectivity index (χ0n) is 16.3. The molecule has 0 aliphatic heterocycles. The molecule has 2 aromatic rings. The van der Waals surface area contributed by atoms with Gasteiger partial charge in [-0.15, -0.1) is 11.3 Å². The van der Waals surface area contributed by atoms with Gasteiger partial charge in [-0.2, -0.15) is 5.26 Å². The van der Waals surface area contributed by atoms with Crippen LogP contribution in [-0.2, 0) is 9.53 Å². The number of thiazole rings is 1. The summed E-state index contributed by atoms with van der Waals surface area (Å²) in [6.07, 6.45) is 0.975. The highest BCUT2D eigenvalue weighted by molar-refractivity contribution is 7.19. The number of carbonyl (C=O) groups excluding carboxylic acids is 2. The molecule has 0 saturated heterocycles. The third-order valence-corrected chi connectivity index (χ3v) is 4.74. The first-order chi connectivity index (χ1) is 13.2. The van der Waals surface area contributed by atoms with Crippen LogP contribution in [0.1, 0.15) is 45.0 Å². The van der Waals surface area contributed by atoms with E-state index in [1.807, 2.05) is 6.07 Å². The number of nitrogens with two attached hydrogens (primary N) is 2. The largest absolute Gasteiger partial charge is 0.443 e. The lowest BCUT2D eigenvalue weighted by Crippen LogP contribution is -2.49. The zero-order valence-corrected chi connectivity index (χ0v) is 17.1. The number of para-hydroxylation sites is 1. The molecule has 2 amide bonds. The summed E-state index contributed by atoms with van der Waals surface area (Å²) in [7, 11) is 0. The fourth-order valence-electron chi connectivity index (χ4n) is 2.57. The first kappa shape index (κ1) is 21.8. The van der Waals surface area contributed by atoms with Gasteiger partial charge in [0, 0.05) is 0 Å². The van der Waals surface area contributed by atoms with E-state index >= 15 is 0 Å². The van der Waals surface area contributed by atoms with Crippen molar-refractivity contribution in [3.05, 3.63) is 23.2 Å².